The van der Waals surface area contributed by atoms with Gasteiger partial charge in [-0.1, -0.05) is 6.42 Å². The Balaban J connectivity index is 1.87. The highest BCUT2D eigenvalue weighted by atomic mass is 19.4. The molecular formula is C14H18F3N3. The zero-order valence-corrected chi connectivity index (χ0v) is 11.3. The van der Waals surface area contributed by atoms with Crippen LogP contribution in [0.15, 0.2) is 0 Å². The van der Waals surface area contributed by atoms with Crippen molar-refractivity contribution < 1.29 is 13.2 Å². The molecule has 1 N–H and O–H groups in total. The normalized spacial score (nSPS) is 19.6. The molecule has 1 aliphatic carbocycles. The lowest BCUT2D eigenvalue weighted by molar-refractivity contribution is -0.134. The van der Waals surface area contributed by atoms with E-state index in [1.807, 2.05) is 0 Å². The fraction of sp³-hybridized carbons (Fsp3) is 0.714. The van der Waals surface area contributed by atoms with E-state index in [-0.39, 0.29) is 6.42 Å². The molecule has 6 heteroatoms. The van der Waals surface area contributed by atoms with Crippen molar-refractivity contribution in [3.05, 3.63) is 22.8 Å². The molecule has 0 aromatic carbocycles. The standard InChI is InChI=1S/C14H18F3N3/c15-14(16,17)6-4-12-19-11-5-7-18-8-10(11)13(20-12)9-2-1-3-9/h9,18H,1-8H2. The van der Waals surface area contributed by atoms with E-state index in [4.69, 9.17) is 0 Å². The molecule has 0 unspecified atom stereocenters. The number of rotatable bonds is 3. The van der Waals surface area contributed by atoms with Gasteiger partial charge in [-0.05, 0) is 12.8 Å². The smallest absolute Gasteiger partial charge is 0.312 e. The molecule has 1 aromatic rings. The van der Waals surface area contributed by atoms with Crippen molar-refractivity contribution in [3.63, 3.8) is 0 Å². The first kappa shape index (κ1) is 13.8. The Bertz CT molecular complexity index is 495. The molecule has 0 amide bonds. The average Bonchev–Trinajstić information content (AvgIpc) is 2.33. The summed E-state index contributed by atoms with van der Waals surface area (Å²) in [7, 11) is 0. The predicted molar refractivity (Wildman–Crippen MR) is 68.4 cm³/mol. The summed E-state index contributed by atoms with van der Waals surface area (Å²) in [5, 5.41) is 3.30. The van der Waals surface area contributed by atoms with Gasteiger partial charge in [0.05, 0.1) is 17.8 Å². The monoisotopic (exact) mass is 285 g/mol. The van der Waals surface area contributed by atoms with Crippen LogP contribution in [0.4, 0.5) is 13.2 Å². The van der Waals surface area contributed by atoms with Crippen LogP contribution in [0.25, 0.3) is 0 Å². The van der Waals surface area contributed by atoms with E-state index in [0.717, 1.165) is 49.3 Å². The molecule has 3 rings (SSSR count). The van der Waals surface area contributed by atoms with E-state index >= 15 is 0 Å². The van der Waals surface area contributed by atoms with Crippen molar-refractivity contribution in [1.29, 1.82) is 0 Å². The summed E-state index contributed by atoms with van der Waals surface area (Å²) in [6.45, 7) is 1.59. The topological polar surface area (TPSA) is 37.8 Å². The molecule has 1 aromatic heterocycles. The number of alkyl halides is 3. The molecule has 2 heterocycles. The molecule has 3 nitrogen and oxygen atoms in total. The molecular weight excluding hydrogens is 267 g/mol. The van der Waals surface area contributed by atoms with Crippen molar-refractivity contribution in [1.82, 2.24) is 15.3 Å². The Labute approximate surface area is 116 Å². The van der Waals surface area contributed by atoms with Gasteiger partial charge in [0.1, 0.15) is 5.82 Å². The third-order valence-electron chi connectivity index (χ3n) is 4.14. The Kier molecular flexibility index (Phi) is 3.67. The Morgan fingerprint density at radius 3 is 2.65 bits per heavy atom. The largest absolute Gasteiger partial charge is 0.389 e. The maximum atomic E-state index is 12.4. The summed E-state index contributed by atoms with van der Waals surface area (Å²) < 4.78 is 37.1. The van der Waals surface area contributed by atoms with Crippen molar-refractivity contribution in [3.8, 4) is 0 Å². The van der Waals surface area contributed by atoms with Crippen LogP contribution in [0.1, 0.15) is 54.4 Å². The second-order valence-electron chi connectivity index (χ2n) is 5.62. The number of hydrogen-bond acceptors (Lipinski definition) is 3. The highest BCUT2D eigenvalue weighted by Crippen LogP contribution is 2.38. The van der Waals surface area contributed by atoms with Crippen LogP contribution in [0, 0.1) is 0 Å². The van der Waals surface area contributed by atoms with Gasteiger partial charge >= 0.3 is 6.18 Å². The summed E-state index contributed by atoms with van der Waals surface area (Å²) >= 11 is 0. The SMILES string of the molecule is FC(F)(F)CCc1nc2c(c(C3CCC3)n1)CNCC2. The Morgan fingerprint density at radius 2 is 2.00 bits per heavy atom. The number of aromatic nitrogens is 2. The Hall–Kier alpha value is -1.17. The summed E-state index contributed by atoms with van der Waals surface area (Å²) in [6.07, 6.45) is -0.912. The fourth-order valence-electron chi connectivity index (χ4n) is 2.81. The first-order chi connectivity index (χ1) is 9.53. The number of halogens is 3. The highest BCUT2D eigenvalue weighted by molar-refractivity contribution is 5.32. The van der Waals surface area contributed by atoms with E-state index in [2.05, 4.69) is 15.3 Å². The second kappa shape index (κ2) is 5.31. The van der Waals surface area contributed by atoms with Gasteiger partial charge in [-0.25, -0.2) is 9.97 Å². The van der Waals surface area contributed by atoms with Crippen molar-refractivity contribution in [2.45, 2.75) is 57.2 Å². The van der Waals surface area contributed by atoms with E-state index in [9.17, 15) is 13.2 Å². The summed E-state index contributed by atoms with van der Waals surface area (Å²) in [4.78, 5) is 8.83. The molecule has 110 valence electrons. The third kappa shape index (κ3) is 2.95. The molecule has 0 bridgehead atoms. The van der Waals surface area contributed by atoms with Gasteiger partial charge in [0.2, 0.25) is 0 Å². The molecule has 0 saturated heterocycles. The minimum absolute atomic E-state index is 0.107. The van der Waals surface area contributed by atoms with Crippen LogP contribution in [-0.2, 0) is 19.4 Å². The number of fused-ring (bicyclic) bond motifs is 1. The zero-order valence-electron chi connectivity index (χ0n) is 11.3. The molecule has 1 fully saturated rings. The second-order valence-corrected chi connectivity index (χ2v) is 5.62. The van der Waals surface area contributed by atoms with Gasteiger partial charge in [0, 0.05) is 37.4 Å². The quantitative estimate of drug-likeness (QED) is 0.928. The fourth-order valence-corrected chi connectivity index (χ4v) is 2.81. The van der Waals surface area contributed by atoms with Crippen LogP contribution < -0.4 is 5.32 Å². The van der Waals surface area contributed by atoms with Gasteiger partial charge in [0.25, 0.3) is 0 Å². The van der Waals surface area contributed by atoms with Crippen molar-refractivity contribution in [2.24, 2.45) is 0 Å². The number of nitrogens with one attached hydrogen (secondary N) is 1. The van der Waals surface area contributed by atoms with E-state index in [1.54, 1.807) is 0 Å². The summed E-state index contributed by atoms with van der Waals surface area (Å²) in [5.41, 5.74) is 3.10. The molecule has 0 radical (unpaired) electrons. The number of hydrogen-bond donors (Lipinski definition) is 1. The highest BCUT2D eigenvalue weighted by Gasteiger charge is 2.30. The van der Waals surface area contributed by atoms with Gasteiger partial charge < -0.3 is 5.32 Å². The lowest BCUT2D eigenvalue weighted by Gasteiger charge is -2.29. The zero-order chi connectivity index (χ0) is 14.2. The minimum Gasteiger partial charge on any atom is -0.312 e. The lowest BCUT2D eigenvalue weighted by atomic mass is 9.80. The maximum Gasteiger partial charge on any atom is 0.389 e. The van der Waals surface area contributed by atoms with Gasteiger partial charge in [-0.15, -0.1) is 0 Å². The average molecular weight is 285 g/mol. The lowest BCUT2D eigenvalue weighted by Crippen LogP contribution is -2.29. The van der Waals surface area contributed by atoms with E-state index < -0.39 is 12.6 Å². The molecule has 0 atom stereocenters. The van der Waals surface area contributed by atoms with Crippen LogP contribution in [-0.4, -0.2) is 22.7 Å². The molecule has 1 saturated carbocycles. The van der Waals surface area contributed by atoms with Crippen LogP contribution in [0.5, 0.6) is 0 Å². The van der Waals surface area contributed by atoms with Crippen LogP contribution in [0.2, 0.25) is 0 Å². The molecule has 20 heavy (non-hydrogen) atoms. The third-order valence-corrected chi connectivity index (χ3v) is 4.14. The first-order valence-electron chi connectivity index (χ1n) is 7.19. The Morgan fingerprint density at radius 1 is 1.20 bits per heavy atom. The molecule has 1 aliphatic heterocycles. The predicted octanol–water partition coefficient (Wildman–Crippen LogP) is 2.88. The number of aryl methyl sites for hydroxylation is 1. The van der Waals surface area contributed by atoms with Crippen molar-refractivity contribution >= 4 is 0 Å². The van der Waals surface area contributed by atoms with E-state index in [1.165, 1.54) is 6.42 Å². The van der Waals surface area contributed by atoms with E-state index in [0.29, 0.717) is 11.7 Å². The first-order valence-corrected chi connectivity index (χ1v) is 7.19. The summed E-state index contributed by atoms with van der Waals surface area (Å²) in [6, 6.07) is 0. The van der Waals surface area contributed by atoms with Gasteiger partial charge in [-0.2, -0.15) is 13.2 Å². The van der Waals surface area contributed by atoms with Gasteiger partial charge in [0.15, 0.2) is 0 Å². The maximum absolute atomic E-state index is 12.4. The van der Waals surface area contributed by atoms with Crippen LogP contribution >= 0.6 is 0 Å². The van der Waals surface area contributed by atoms with Crippen molar-refractivity contribution in [2.75, 3.05) is 6.54 Å². The molecule has 0 spiro atoms. The molecule has 2 aliphatic rings. The summed E-state index contributed by atoms with van der Waals surface area (Å²) in [5.74, 6) is 0.793. The van der Waals surface area contributed by atoms with Crippen LogP contribution in [0.3, 0.4) is 0 Å². The minimum atomic E-state index is -4.14. The number of nitrogens with zero attached hydrogens (tertiary/aromatic N) is 2. The van der Waals surface area contributed by atoms with Gasteiger partial charge in [-0.3, -0.25) is 0 Å².